The van der Waals surface area contributed by atoms with Crippen molar-refractivity contribution in [2.75, 3.05) is 12.4 Å². The number of hydrogen-bond donors (Lipinski definition) is 1. The van der Waals surface area contributed by atoms with Gasteiger partial charge in [-0.2, -0.15) is 0 Å². The Bertz CT molecular complexity index is 1290. The normalized spacial score (nSPS) is 10.9. The first-order valence-electron chi connectivity index (χ1n) is 9.44. The minimum absolute atomic E-state index is 0.0928. The first-order chi connectivity index (χ1) is 14.5. The van der Waals surface area contributed by atoms with E-state index < -0.39 is 0 Å². The molecule has 152 valence electrons. The number of aromatic nitrogens is 2. The van der Waals surface area contributed by atoms with Crippen LogP contribution < -0.4 is 15.6 Å². The quantitative estimate of drug-likeness (QED) is 0.521. The second-order valence-corrected chi connectivity index (χ2v) is 7.96. The Morgan fingerprint density at radius 3 is 2.60 bits per heavy atom. The number of ether oxygens (including phenoxy) is 1. The highest BCUT2D eigenvalue weighted by atomic mass is 32.1. The van der Waals surface area contributed by atoms with Gasteiger partial charge in [-0.1, -0.05) is 18.2 Å². The van der Waals surface area contributed by atoms with E-state index in [9.17, 15) is 9.59 Å². The van der Waals surface area contributed by atoms with Crippen molar-refractivity contribution in [3.8, 4) is 16.9 Å². The van der Waals surface area contributed by atoms with Gasteiger partial charge in [0.1, 0.15) is 17.0 Å². The van der Waals surface area contributed by atoms with Crippen LogP contribution in [0.4, 0.5) is 5.69 Å². The molecule has 2 heterocycles. The largest absolute Gasteiger partial charge is 0.497 e. The Labute approximate surface area is 177 Å². The van der Waals surface area contributed by atoms with Crippen LogP contribution in [0.15, 0.2) is 59.0 Å². The van der Waals surface area contributed by atoms with E-state index in [-0.39, 0.29) is 18.0 Å². The minimum Gasteiger partial charge on any atom is -0.497 e. The number of anilines is 1. The molecule has 0 aliphatic rings. The highest BCUT2D eigenvalue weighted by molar-refractivity contribution is 7.17. The van der Waals surface area contributed by atoms with Gasteiger partial charge in [0.15, 0.2) is 0 Å². The molecule has 0 radical (unpaired) electrons. The molecule has 4 aromatic rings. The van der Waals surface area contributed by atoms with Crippen LogP contribution in [0.1, 0.15) is 11.1 Å². The van der Waals surface area contributed by atoms with Gasteiger partial charge in [0.05, 0.1) is 19.0 Å². The summed E-state index contributed by atoms with van der Waals surface area (Å²) in [4.78, 5) is 29.8. The van der Waals surface area contributed by atoms with Gasteiger partial charge >= 0.3 is 0 Å². The van der Waals surface area contributed by atoms with Crippen LogP contribution in [0.3, 0.4) is 0 Å². The number of benzene rings is 2. The average molecular weight is 420 g/mol. The Morgan fingerprint density at radius 1 is 1.13 bits per heavy atom. The van der Waals surface area contributed by atoms with Gasteiger partial charge in [-0.05, 0) is 54.8 Å². The topological polar surface area (TPSA) is 73.2 Å². The number of thiophene rings is 1. The fraction of sp³-hybridized carbons (Fsp3) is 0.174. The number of aryl methyl sites for hydroxylation is 2. The van der Waals surface area contributed by atoms with Gasteiger partial charge in [0.2, 0.25) is 5.91 Å². The van der Waals surface area contributed by atoms with Gasteiger partial charge in [-0.3, -0.25) is 14.2 Å². The number of rotatable bonds is 5. The number of hydrogen-bond acceptors (Lipinski definition) is 5. The van der Waals surface area contributed by atoms with E-state index in [4.69, 9.17) is 4.74 Å². The van der Waals surface area contributed by atoms with Gasteiger partial charge in [0, 0.05) is 16.6 Å². The molecule has 4 rings (SSSR count). The third-order valence-corrected chi connectivity index (χ3v) is 6.01. The highest BCUT2D eigenvalue weighted by Gasteiger charge is 2.14. The number of carbonyl (C=O) groups excluding carboxylic acids is 1. The highest BCUT2D eigenvalue weighted by Crippen LogP contribution is 2.31. The number of nitrogens with one attached hydrogen (secondary N) is 1. The van der Waals surface area contributed by atoms with Crippen molar-refractivity contribution < 1.29 is 9.53 Å². The molecule has 0 atom stereocenters. The van der Waals surface area contributed by atoms with Crippen molar-refractivity contribution in [2.45, 2.75) is 20.4 Å². The number of methoxy groups -OCH3 is 1. The third kappa shape index (κ3) is 3.84. The zero-order chi connectivity index (χ0) is 21.3. The maximum absolute atomic E-state index is 12.9. The maximum Gasteiger partial charge on any atom is 0.271 e. The molecule has 1 amide bonds. The minimum atomic E-state index is -0.270. The lowest BCUT2D eigenvalue weighted by atomic mass is 10.1. The Kier molecular flexibility index (Phi) is 5.37. The van der Waals surface area contributed by atoms with Crippen molar-refractivity contribution in [1.82, 2.24) is 9.55 Å². The lowest BCUT2D eigenvalue weighted by Crippen LogP contribution is -2.27. The predicted octanol–water partition coefficient (Wildman–Crippen LogP) is 4.39. The molecule has 0 spiro atoms. The zero-order valence-electron chi connectivity index (χ0n) is 16.9. The van der Waals surface area contributed by atoms with Crippen LogP contribution in [0, 0.1) is 13.8 Å². The summed E-state index contributed by atoms with van der Waals surface area (Å²) >= 11 is 1.34. The third-order valence-electron chi connectivity index (χ3n) is 5.05. The van der Waals surface area contributed by atoms with Crippen LogP contribution in [-0.2, 0) is 11.3 Å². The van der Waals surface area contributed by atoms with Crippen molar-refractivity contribution in [3.63, 3.8) is 0 Å². The fourth-order valence-electron chi connectivity index (χ4n) is 3.20. The molecule has 0 aliphatic carbocycles. The molecule has 2 aromatic heterocycles. The number of fused-ring (bicyclic) bond motifs is 1. The standard InChI is InChI=1S/C23H21N3O3S/c1-14-4-7-17(10-15(14)2)25-20(27)11-26-13-24-21-19(12-30-22(21)23(26)28)16-5-8-18(29-3)9-6-16/h4-10,12-13H,11H2,1-3H3,(H,25,27). The predicted molar refractivity (Wildman–Crippen MR) is 120 cm³/mol. The second-order valence-electron chi connectivity index (χ2n) is 7.08. The van der Waals surface area contributed by atoms with Crippen molar-refractivity contribution in [2.24, 2.45) is 0 Å². The SMILES string of the molecule is COc1ccc(-c2csc3c(=O)n(CC(=O)Nc4ccc(C)c(C)c4)cnc23)cc1. The summed E-state index contributed by atoms with van der Waals surface area (Å²) in [7, 11) is 1.62. The van der Waals surface area contributed by atoms with Gasteiger partial charge in [-0.15, -0.1) is 11.3 Å². The van der Waals surface area contributed by atoms with Crippen molar-refractivity contribution in [3.05, 3.63) is 75.7 Å². The van der Waals surface area contributed by atoms with E-state index >= 15 is 0 Å². The molecular weight excluding hydrogens is 398 g/mol. The Hall–Kier alpha value is -3.45. The molecule has 1 N–H and O–H groups in total. The number of carbonyl (C=O) groups is 1. The lowest BCUT2D eigenvalue weighted by Gasteiger charge is -2.09. The average Bonchev–Trinajstić information content (AvgIpc) is 3.18. The van der Waals surface area contributed by atoms with Gasteiger partial charge in [-0.25, -0.2) is 4.98 Å². The zero-order valence-corrected chi connectivity index (χ0v) is 17.7. The van der Waals surface area contributed by atoms with E-state index in [1.54, 1.807) is 7.11 Å². The van der Waals surface area contributed by atoms with E-state index in [1.165, 1.54) is 22.2 Å². The summed E-state index contributed by atoms with van der Waals surface area (Å²) in [5.74, 6) is 0.497. The Balaban J connectivity index is 1.58. The molecular formula is C23H21N3O3S. The van der Waals surface area contributed by atoms with Crippen LogP contribution in [0.2, 0.25) is 0 Å². The molecule has 0 unspecified atom stereocenters. The molecule has 0 fully saturated rings. The molecule has 2 aromatic carbocycles. The van der Waals surface area contributed by atoms with E-state index in [1.807, 2.05) is 61.7 Å². The second kappa shape index (κ2) is 8.12. The summed E-state index contributed by atoms with van der Waals surface area (Å²) in [6, 6.07) is 13.3. The number of nitrogens with zero attached hydrogens (tertiary/aromatic N) is 2. The molecule has 6 nitrogen and oxygen atoms in total. The summed E-state index contributed by atoms with van der Waals surface area (Å²) in [6.45, 7) is 3.91. The monoisotopic (exact) mass is 419 g/mol. The Morgan fingerprint density at radius 2 is 1.90 bits per heavy atom. The van der Waals surface area contributed by atoms with E-state index in [0.717, 1.165) is 28.0 Å². The van der Waals surface area contributed by atoms with Crippen LogP contribution >= 0.6 is 11.3 Å². The first-order valence-corrected chi connectivity index (χ1v) is 10.3. The van der Waals surface area contributed by atoms with Crippen molar-refractivity contribution in [1.29, 1.82) is 0 Å². The lowest BCUT2D eigenvalue weighted by molar-refractivity contribution is -0.116. The van der Waals surface area contributed by atoms with Crippen LogP contribution in [0.5, 0.6) is 5.75 Å². The molecule has 0 saturated heterocycles. The van der Waals surface area contributed by atoms with Crippen LogP contribution in [0.25, 0.3) is 21.3 Å². The fourth-order valence-corrected chi connectivity index (χ4v) is 4.18. The molecule has 0 aliphatic heterocycles. The molecule has 30 heavy (non-hydrogen) atoms. The van der Waals surface area contributed by atoms with Crippen molar-refractivity contribution >= 4 is 33.1 Å². The summed E-state index contributed by atoms with van der Waals surface area (Å²) in [5, 5.41) is 4.76. The number of amides is 1. The summed E-state index contributed by atoms with van der Waals surface area (Å²) in [5.41, 5.74) is 5.23. The summed E-state index contributed by atoms with van der Waals surface area (Å²) < 4.78 is 7.07. The van der Waals surface area contributed by atoms with Gasteiger partial charge < -0.3 is 10.1 Å². The maximum atomic E-state index is 12.9. The van der Waals surface area contributed by atoms with E-state index in [2.05, 4.69) is 10.3 Å². The van der Waals surface area contributed by atoms with Crippen LogP contribution in [-0.4, -0.2) is 22.6 Å². The molecule has 7 heteroatoms. The first kappa shape index (κ1) is 19.8. The van der Waals surface area contributed by atoms with Gasteiger partial charge in [0.25, 0.3) is 5.56 Å². The molecule has 0 saturated carbocycles. The van der Waals surface area contributed by atoms with E-state index in [0.29, 0.717) is 15.9 Å². The summed E-state index contributed by atoms with van der Waals surface area (Å²) in [6.07, 6.45) is 1.43. The smallest absolute Gasteiger partial charge is 0.271 e. The molecule has 0 bridgehead atoms.